The summed E-state index contributed by atoms with van der Waals surface area (Å²) in [5.74, 6) is 1.83. The van der Waals surface area contributed by atoms with Crippen LogP contribution in [0.3, 0.4) is 0 Å². The number of halogens is 2. The van der Waals surface area contributed by atoms with Crippen LogP contribution in [0.1, 0.15) is 41.3 Å². The van der Waals surface area contributed by atoms with Gasteiger partial charge < -0.3 is 14.5 Å². The maximum Gasteiger partial charge on any atom is 0.387 e. The molecule has 0 spiro atoms. The maximum absolute atomic E-state index is 12.4. The van der Waals surface area contributed by atoms with Crippen molar-refractivity contribution in [2.75, 3.05) is 0 Å². The lowest BCUT2D eigenvalue weighted by Gasteiger charge is -2.27. The zero-order valence-corrected chi connectivity index (χ0v) is 15.0. The van der Waals surface area contributed by atoms with Crippen LogP contribution >= 0.6 is 0 Å². The number of fused-ring (bicyclic) bond motifs is 1. The smallest absolute Gasteiger partial charge is 0.387 e. The number of furan rings is 1. The van der Waals surface area contributed by atoms with Gasteiger partial charge in [-0.15, -0.1) is 0 Å². The van der Waals surface area contributed by atoms with Crippen LogP contribution in [-0.4, -0.2) is 16.8 Å². The number of benzene rings is 1. The lowest BCUT2D eigenvalue weighted by atomic mass is 9.87. The van der Waals surface area contributed by atoms with Crippen molar-refractivity contribution in [1.82, 2.24) is 15.5 Å². The Labute approximate surface area is 155 Å². The van der Waals surface area contributed by atoms with Crippen LogP contribution in [0.15, 0.2) is 40.9 Å². The first-order chi connectivity index (χ1) is 13.1. The number of nitrogens with zero attached hydrogens (tertiary/aromatic N) is 1. The molecule has 0 saturated heterocycles. The summed E-state index contributed by atoms with van der Waals surface area (Å²) in [4.78, 5) is 0. The second kappa shape index (κ2) is 7.52. The van der Waals surface area contributed by atoms with E-state index in [4.69, 9.17) is 4.42 Å². The molecule has 7 heteroatoms. The van der Waals surface area contributed by atoms with Gasteiger partial charge in [-0.05, 0) is 61.6 Å². The van der Waals surface area contributed by atoms with E-state index in [0.717, 1.165) is 53.2 Å². The van der Waals surface area contributed by atoms with Crippen molar-refractivity contribution >= 4 is 0 Å². The van der Waals surface area contributed by atoms with E-state index in [9.17, 15) is 8.78 Å². The number of H-pyrrole nitrogens is 1. The van der Waals surface area contributed by atoms with E-state index in [1.165, 1.54) is 0 Å². The van der Waals surface area contributed by atoms with Gasteiger partial charge in [-0.3, -0.25) is 5.10 Å². The molecule has 0 bridgehead atoms. The molecule has 0 saturated carbocycles. The van der Waals surface area contributed by atoms with Crippen molar-refractivity contribution in [3.8, 4) is 17.2 Å². The van der Waals surface area contributed by atoms with E-state index < -0.39 is 6.61 Å². The molecule has 1 atom stereocenters. The second-order valence-electron chi connectivity index (χ2n) is 6.75. The van der Waals surface area contributed by atoms with Crippen molar-refractivity contribution in [2.24, 2.45) is 0 Å². The van der Waals surface area contributed by atoms with Gasteiger partial charge >= 0.3 is 6.61 Å². The van der Waals surface area contributed by atoms with Crippen molar-refractivity contribution in [2.45, 2.75) is 45.4 Å². The lowest BCUT2D eigenvalue weighted by Crippen LogP contribution is -2.25. The normalized spacial score (nSPS) is 16.5. The summed E-state index contributed by atoms with van der Waals surface area (Å²) in [5, 5.41) is 10.7. The fourth-order valence-corrected chi connectivity index (χ4v) is 3.64. The first-order valence-corrected chi connectivity index (χ1v) is 9.00. The molecule has 27 heavy (non-hydrogen) atoms. The number of ether oxygens (including phenoxy) is 1. The highest BCUT2D eigenvalue weighted by atomic mass is 19.3. The molecule has 0 amide bonds. The van der Waals surface area contributed by atoms with E-state index in [2.05, 4.69) is 20.3 Å². The quantitative estimate of drug-likeness (QED) is 0.655. The zero-order chi connectivity index (χ0) is 18.8. The first kappa shape index (κ1) is 17.7. The van der Waals surface area contributed by atoms with E-state index in [-0.39, 0.29) is 11.8 Å². The number of aryl methyl sites for hydroxylation is 2. The molecular weight excluding hydrogens is 352 g/mol. The number of hydrogen-bond acceptors (Lipinski definition) is 4. The monoisotopic (exact) mass is 373 g/mol. The molecule has 0 fully saturated rings. The Morgan fingerprint density at radius 3 is 3.00 bits per heavy atom. The molecule has 0 radical (unpaired) electrons. The number of aromatic nitrogens is 2. The Balaban J connectivity index is 1.48. The van der Waals surface area contributed by atoms with Gasteiger partial charge in [0.05, 0.1) is 6.20 Å². The molecule has 2 heterocycles. The Morgan fingerprint density at radius 2 is 2.22 bits per heavy atom. The molecule has 142 valence electrons. The molecule has 1 aliphatic rings. The Morgan fingerprint density at radius 1 is 1.33 bits per heavy atom. The Bertz CT molecular complexity index is 920. The van der Waals surface area contributed by atoms with Gasteiger partial charge in [0.2, 0.25) is 0 Å². The average Bonchev–Trinajstić information content (AvgIpc) is 3.27. The minimum Gasteiger partial charge on any atom is -0.460 e. The van der Waals surface area contributed by atoms with Crippen LogP contribution in [0, 0.1) is 6.92 Å². The highest BCUT2D eigenvalue weighted by Crippen LogP contribution is 2.33. The summed E-state index contributed by atoms with van der Waals surface area (Å²) in [6.45, 7) is -0.265. The van der Waals surface area contributed by atoms with Gasteiger partial charge in [-0.25, -0.2) is 0 Å². The van der Waals surface area contributed by atoms with E-state index >= 15 is 0 Å². The summed E-state index contributed by atoms with van der Waals surface area (Å²) in [6, 6.07) is 9.23. The number of nitrogens with one attached hydrogen (secondary N) is 2. The fraction of sp³-hybridized carbons (Fsp3) is 0.350. The molecule has 4 rings (SSSR count). The Hall–Kier alpha value is -2.67. The van der Waals surface area contributed by atoms with Gasteiger partial charge in [0.1, 0.15) is 17.2 Å². The number of hydrogen-bond donors (Lipinski definition) is 2. The van der Waals surface area contributed by atoms with Crippen molar-refractivity contribution in [3.05, 3.63) is 59.0 Å². The Kier molecular flexibility index (Phi) is 4.94. The van der Waals surface area contributed by atoms with Crippen LogP contribution < -0.4 is 10.1 Å². The minimum atomic E-state index is -2.80. The third-order valence-electron chi connectivity index (χ3n) is 4.90. The summed E-state index contributed by atoms with van der Waals surface area (Å²) < 4.78 is 35.1. The number of alkyl halides is 2. The summed E-state index contributed by atoms with van der Waals surface area (Å²) in [5.41, 5.74) is 4.09. The molecule has 2 N–H and O–H groups in total. The standard InChI is InChI=1S/C20H21F2N3O2/c1-12-5-8-18(26-12)19-14(11-24-25-19)10-23-17-4-2-3-13-9-15(27-20(21)22)6-7-16(13)17/h5-9,11,17,20,23H,2-4,10H2,1H3,(H,24,25). The van der Waals surface area contributed by atoms with Crippen LogP contribution in [0.5, 0.6) is 5.75 Å². The van der Waals surface area contributed by atoms with Gasteiger partial charge in [0.15, 0.2) is 5.76 Å². The van der Waals surface area contributed by atoms with Crippen molar-refractivity contribution in [1.29, 1.82) is 0 Å². The van der Waals surface area contributed by atoms with Gasteiger partial charge in [-0.1, -0.05) is 6.07 Å². The predicted octanol–water partition coefficient (Wildman–Crippen LogP) is 4.75. The van der Waals surface area contributed by atoms with E-state index in [1.807, 2.05) is 25.1 Å². The second-order valence-corrected chi connectivity index (χ2v) is 6.75. The minimum absolute atomic E-state index is 0.162. The first-order valence-electron chi connectivity index (χ1n) is 9.00. The molecule has 3 aromatic rings. The van der Waals surface area contributed by atoms with Crippen LogP contribution in [-0.2, 0) is 13.0 Å². The largest absolute Gasteiger partial charge is 0.460 e. The lowest BCUT2D eigenvalue weighted by molar-refractivity contribution is -0.0499. The molecule has 1 unspecified atom stereocenters. The molecule has 1 aliphatic carbocycles. The zero-order valence-electron chi connectivity index (χ0n) is 15.0. The van der Waals surface area contributed by atoms with Crippen LogP contribution in [0.2, 0.25) is 0 Å². The van der Waals surface area contributed by atoms with Crippen LogP contribution in [0.4, 0.5) is 8.78 Å². The van der Waals surface area contributed by atoms with Crippen molar-refractivity contribution in [3.63, 3.8) is 0 Å². The predicted molar refractivity (Wildman–Crippen MR) is 96.6 cm³/mol. The van der Waals surface area contributed by atoms with E-state index in [0.29, 0.717) is 6.54 Å². The molecule has 5 nitrogen and oxygen atoms in total. The maximum atomic E-state index is 12.4. The van der Waals surface area contributed by atoms with Gasteiger partial charge in [0.25, 0.3) is 0 Å². The molecular formula is C20H21F2N3O2. The number of aromatic amines is 1. The third kappa shape index (κ3) is 3.88. The SMILES string of the molecule is Cc1ccc(-c2[nH]ncc2CNC2CCCc3cc(OC(F)F)ccc32)o1. The highest BCUT2D eigenvalue weighted by Gasteiger charge is 2.22. The topological polar surface area (TPSA) is 63.1 Å². The van der Waals surface area contributed by atoms with Gasteiger partial charge in [-0.2, -0.15) is 13.9 Å². The van der Waals surface area contributed by atoms with Crippen molar-refractivity contribution < 1.29 is 17.9 Å². The number of rotatable bonds is 6. The molecule has 0 aliphatic heterocycles. The average molecular weight is 373 g/mol. The highest BCUT2D eigenvalue weighted by molar-refractivity contribution is 5.56. The van der Waals surface area contributed by atoms with Crippen LogP contribution in [0.25, 0.3) is 11.5 Å². The van der Waals surface area contributed by atoms with Gasteiger partial charge in [0, 0.05) is 18.2 Å². The molecule has 1 aromatic carbocycles. The third-order valence-corrected chi connectivity index (χ3v) is 4.90. The molecule has 2 aromatic heterocycles. The fourth-order valence-electron chi connectivity index (χ4n) is 3.64. The summed E-state index contributed by atoms with van der Waals surface area (Å²) in [7, 11) is 0. The van der Waals surface area contributed by atoms with E-state index in [1.54, 1.807) is 18.3 Å². The summed E-state index contributed by atoms with van der Waals surface area (Å²) in [6.07, 6.45) is 4.66. The summed E-state index contributed by atoms with van der Waals surface area (Å²) >= 11 is 0.